The average Bonchev–Trinajstić information content (AvgIpc) is 2.59. The fraction of sp³-hybridized carbons (Fsp3) is 0.133. The van der Waals surface area contributed by atoms with E-state index in [2.05, 4.69) is 10.0 Å². The summed E-state index contributed by atoms with van der Waals surface area (Å²) < 4.78 is 26.3. The number of nitro benzene ring substituents is 1. The number of nitrogens with zero attached hydrogens (tertiary/aromatic N) is 1. The van der Waals surface area contributed by atoms with E-state index in [-0.39, 0.29) is 34.3 Å². The van der Waals surface area contributed by atoms with E-state index in [0.29, 0.717) is 0 Å². The Balaban J connectivity index is 1.93. The molecule has 0 spiro atoms. The highest BCUT2D eigenvalue weighted by Gasteiger charge is 2.16. The molecule has 0 aromatic heterocycles. The minimum atomic E-state index is -3.67. The van der Waals surface area contributed by atoms with Crippen molar-refractivity contribution in [2.24, 2.45) is 0 Å². The number of halogens is 1. The number of carbonyl (C=O) groups excluding carboxylic acids is 1. The number of sulfonamides is 1. The number of nitrogens with one attached hydrogen (secondary N) is 2. The molecule has 0 radical (unpaired) electrons. The average molecular weight is 384 g/mol. The van der Waals surface area contributed by atoms with Gasteiger partial charge in [-0.1, -0.05) is 29.8 Å². The van der Waals surface area contributed by atoms with Crippen LogP contribution in [0.1, 0.15) is 10.4 Å². The molecule has 1 amide bonds. The van der Waals surface area contributed by atoms with Crippen LogP contribution in [0.15, 0.2) is 53.4 Å². The van der Waals surface area contributed by atoms with E-state index in [1.165, 1.54) is 24.3 Å². The summed E-state index contributed by atoms with van der Waals surface area (Å²) in [5, 5.41) is 13.3. The van der Waals surface area contributed by atoms with Crippen molar-refractivity contribution in [1.82, 2.24) is 10.0 Å². The van der Waals surface area contributed by atoms with Crippen LogP contribution in [-0.2, 0) is 10.0 Å². The summed E-state index contributed by atoms with van der Waals surface area (Å²) in [6.45, 7) is -0.0561. The topological polar surface area (TPSA) is 118 Å². The maximum atomic E-state index is 12.0. The maximum absolute atomic E-state index is 12.0. The van der Waals surface area contributed by atoms with Crippen LogP contribution >= 0.6 is 11.6 Å². The third kappa shape index (κ3) is 4.99. The van der Waals surface area contributed by atoms with Gasteiger partial charge in [0.25, 0.3) is 11.6 Å². The van der Waals surface area contributed by atoms with Gasteiger partial charge in [-0.3, -0.25) is 14.9 Å². The highest BCUT2D eigenvalue weighted by Crippen LogP contribution is 2.21. The molecule has 2 aromatic carbocycles. The molecule has 0 atom stereocenters. The lowest BCUT2D eigenvalue weighted by Crippen LogP contribution is -2.34. The predicted octanol–water partition coefficient (Wildman–Crippen LogP) is 1.96. The second-order valence-corrected chi connectivity index (χ2v) is 7.06. The van der Waals surface area contributed by atoms with Crippen molar-refractivity contribution >= 4 is 33.2 Å². The van der Waals surface area contributed by atoms with Crippen LogP contribution in [0.5, 0.6) is 0 Å². The summed E-state index contributed by atoms with van der Waals surface area (Å²) >= 11 is 5.87. The van der Waals surface area contributed by atoms with Crippen molar-refractivity contribution in [3.05, 3.63) is 69.2 Å². The minimum Gasteiger partial charge on any atom is -0.351 e. The summed E-state index contributed by atoms with van der Waals surface area (Å²) in [6.07, 6.45) is 0. The number of benzene rings is 2. The van der Waals surface area contributed by atoms with Crippen LogP contribution < -0.4 is 10.0 Å². The molecular weight excluding hydrogens is 370 g/mol. The van der Waals surface area contributed by atoms with Gasteiger partial charge in [-0.25, -0.2) is 13.1 Å². The maximum Gasteiger partial charge on any atom is 0.270 e. The monoisotopic (exact) mass is 383 g/mol. The number of rotatable bonds is 7. The van der Waals surface area contributed by atoms with Crippen molar-refractivity contribution in [2.75, 3.05) is 13.1 Å². The molecule has 0 saturated carbocycles. The molecule has 0 heterocycles. The molecule has 2 aromatic rings. The van der Waals surface area contributed by atoms with Gasteiger partial charge in [0.15, 0.2) is 0 Å². The molecular formula is C15H14ClN3O5S. The Morgan fingerprint density at radius 2 is 1.80 bits per heavy atom. The van der Waals surface area contributed by atoms with Gasteiger partial charge >= 0.3 is 0 Å². The Kier molecular flexibility index (Phi) is 6.07. The van der Waals surface area contributed by atoms with Crippen molar-refractivity contribution in [2.45, 2.75) is 4.90 Å². The molecule has 2 rings (SSSR count). The van der Waals surface area contributed by atoms with Crippen molar-refractivity contribution in [3.63, 3.8) is 0 Å². The molecule has 8 nitrogen and oxygen atoms in total. The number of hydrogen-bond acceptors (Lipinski definition) is 5. The zero-order chi connectivity index (χ0) is 18.4. The van der Waals surface area contributed by atoms with Crippen LogP contribution in [-0.4, -0.2) is 32.3 Å². The SMILES string of the molecule is O=C(NCCNS(=O)(=O)c1ccccc1)c1cc([N+](=O)[O-])ccc1Cl. The number of amides is 1. The first-order valence-corrected chi connectivity index (χ1v) is 8.94. The van der Waals surface area contributed by atoms with Gasteiger partial charge in [0.05, 0.1) is 20.4 Å². The third-order valence-electron chi connectivity index (χ3n) is 3.16. The van der Waals surface area contributed by atoms with E-state index in [0.717, 1.165) is 6.07 Å². The van der Waals surface area contributed by atoms with Crippen LogP contribution in [0.25, 0.3) is 0 Å². The Bertz CT molecular complexity index is 887. The number of non-ortho nitro benzene ring substituents is 1. The minimum absolute atomic E-state index is 0.0100. The first-order chi connectivity index (χ1) is 11.8. The van der Waals surface area contributed by atoms with Crippen molar-refractivity contribution < 1.29 is 18.1 Å². The van der Waals surface area contributed by atoms with Gasteiger partial charge in [0, 0.05) is 25.2 Å². The first kappa shape index (κ1) is 18.8. The highest BCUT2D eigenvalue weighted by atomic mass is 35.5. The summed E-state index contributed by atoms with van der Waals surface area (Å²) in [7, 11) is -3.67. The quantitative estimate of drug-likeness (QED) is 0.430. The van der Waals surface area contributed by atoms with Crippen LogP contribution in [0, 0.1) is 10.1 Å². The largest absolute Gasteiger partial charge is 0.351 e. The van der Waals surface area contributed by atoms with E-state index in [1.54, 1.807) is 18.2 Å². The molecule has 0 unspecified atom stereocenters. The van der Waals surface area contributed by atoms with Gasteiger partial charge in [-0.2, -0.15) is 0 Å². The normalized spacial score (nSPS) is 11.1. The standard InChI is InChI=1S/C15H14ClN3O5S/c16-14-7-6-11(19(21)22)10-13(14)15(20)17-8-9-18-25(23,24)12-4-2-1-3-5-12/h1-7,10,18H,8-9H2,(H,17,20). The zero-order valence-corrected chi connectivity index (χ0v) is 14.4. The Labute approximate surface area is 149 Å². The molecule has 0 aliphatic carbocycles. The molecule has 0 fully saturated rings. The van der Waals surface area contributed by atoms with E-state index in [9.17, 15) is 23.3 Å². The smallest absolute Gasteiger partial charge is 0.270 e. The lowest BCUT2D eigenvalue weighted by Gasteiger charge is -2.09. The summed E-state index contributed by atoms with van der Waals surface area (Å²) in [6, 6.07) is 11.3. The molecule has 0 aliphatic rings. The zero-order valence-electron chi connectivity index (χ0n) is 12.8. The molecule has 132 valence electrons. The fourth-order valence-electron chi connectivity index (χ4n) is 1.94. The summed E-state index contributed by atoms with van der Waals surface area (Å²) in [5.41, 5.74) is -0.318. The predicted molar refractivity (Wildman–Crippen MR) is 92.1 cm³/mol. The van der Waals surface area contributed by atoms with E-state index >= 15 is 0 Å². The molecule has 10 heteroatoms. The number of carbonyl (C=O) groups is 1. The number of hydrogen-bond donors (Lipinski definition) is 2. The Hall–Kier alpha value is -2.49. The Morgan fingerprint density at radius 1 is 1.12 bits per heavy atom. The lowest BCUT2D eigenvalue weighted by atomic mass is 10.2. The van der Waals surface area contributed by atoms with E-state index in [4.69, 9.17) is 11.6 Å². The summed E-state index contributed by atoms with van der Waals surface area (Å²) in [5.74, 6) is -0.632. The molecule has 2 N–H and O–H groups in total. The van der Waals surface area contributed by atoms with Crippen molar-refractivity contribution in [1.29, 1.82) is 0 Å². The van der Waals surface area contributed by atoms with E-state index in [1.807, 2.05) is 0 Å². The van der Waals surface area contributed by atoms with Crippen LogP contribution in [0.2, 0.25) is 5.02 Å². The first-order valence-electron chi connectivity index (χ1n) is 7.08. The van der Waals surface area contributed by atoms with Crippen LogP contribution in [0.3, 0.4) is 0 Å². The van der Waals surface area contributed by atoms with E-state index < -0.39 is 20.9 Å². The lowest BCUT2D eigenvalue weighted by molar-refractivity contribution is -0.384. The van der Waals surface area contributed by atoms with Gasteiger partial charge in [-0.05, 0) is 18.2 Å². The fourth-order valence-corrected chi connectivity index (χ4v) is 3.20. The third-order valence-corrected chi connectivity index (χ3v) is 4.97. The van der Waals surface area contributed by atoms with Crippen LogP contribution in [0.4, 0.5) is 5.69 Å². The van der Waals surface area contributed by atoms with Crippen molar-refractivity contribution in [3.8, 4) is 0 Å². The van der Waals surface area contributed by atoms with Gasteiger partial charge in [-0.15, -0.1) is 0 Å². The van der Waals surface area contributed by atoms with Gasteiger partial charge in [0.1, 0.15) is 0 Å². The van der Waals surface area contributed by atoms with Gasteiger partial charge in [0.2, 0.25) is 10.0 Å². The summed E-state index contributed by atoms with van der Waals surface area (Å²) in [4.78, 5) is 22.3. The van der Waals surface area contributed by atoms with Gasteiger partial charge < -0.3 is 5.32 Å². The molecule has 0 saturated heterocycles. The second-order valence-electron chi connectivity index (χ2n) is 4.89. The molecule has 0 aliphatic heterocycles. The highest BCUT2D eigenvalue weighted by molar-refractivity contribution is 7.89. The second kappa shape index (κ2) is 8.06. The molecule has 0 bridgehead atoms. The number of nitro groups is 1. The molecule has 25 heavy (non-hydrogen) atoms. The Morgan fingerprint density at radius 3 is 2.44 bits per heavy atom.